The van der Waals surface area contributed by atoms with Gasteiger partial charge in [-0.3, -0.25) is 9.59 Å². The first-order valence-corrected chi connectivity index (χ1v) is 12.6. The van der Waals surface area contributed by atoms with E-state index in [9.17, 15) is 19.8 Å². The van der Waals surface area contributed by atoms with Gasteiger partial charge in [-0.1, -0.05) is 30.3 Å². The molecule has 38 heavy (non-hydrogen) atoms. The van der Waals surface area contributed by atoms with E-state index >= 15 is 0 Å². The highest BCUT2D eigenvalue weighted by atomic mass is 16.3. The van der Waals surface area contributed by atoms with Crippen LogP contribution in [0.2, 0.25) is 0 Å². The first-order valence-electron chi connectivity index (χ1n) is 12.6. The van der Waals surface area contributed by atoms with Gasteiger partial charge in [-0.15, -0.1) is 0 Å². The number of rotatable bonds is 6. The van der Waals surface area contributed by atoms with Crippen LogP contribution in [0, 0.1) is 0 Å². The molecule has 0 heterocycles. The maximum absolute atomic E-state index is 13.5. The van der Waals surface area contributed by atoms with E-state index in [1.165, 1.54) is 0 Å². The summed E-state index contributed by atoms with van der Waals surface area (Å²) in [6.45, 7) is 4.74. The van der Waals surface area contributed by atoms with Crippen LogP contribution in [0.4, 0.5) is 11.4 Å². The van der Waals surface area contributed by atoms with Gasteiger partial charge in [0.1, 0.15) is 11.5 Å². The standard InChI is InChI=1S/C32H28N2O4/c1-3-33(31(37)25-10-8-23-18-29(35)14-12-21(23)16-25)27-6-5-7-28(20-27)34(4-2)32(38)26-11-9-24-19-30(36)15-13-22(24)17-26/h5-20,35-36H,3-4H2,1-2H3. The Hall–Kier alpha value is -4.84. The molecule has 0 saturated carbocycles. The summed E-state index contributed by atoms with van der Waals surface area (Å²) in [5.41, 5.74) is 2.48. The average molecular weight is 505 g/mol. The first kappa shape index (κ1) is 24.8. The smallest absolute Gasteiger partial charge is 0.258 e. The van der Waals surface area contributed by atoms with Gasteiger partial charge in [0.2, 0.25) is 0 Å². The number of amides is 2. The van der Waals surface area contributed by atoms with Gasteiger partial charge in [-0.05, 0) is 102 Å². The molecule has 2 N–H and O–H groups in total. The van der Waals surface area contributed by atoms with Crippen LogP contribution in [0.25, 0.3) is 21.5 Å². The fraction of sp³-hybridized carbons (Fsp3) is 0.125. The molecule has 190 valence electrons. The van der Waals surface area contributed by atoms with Crippen LogP contribution in [0.3, 0.4) is 0 Å². The number of benzene rings is 5. The summed E-state index contributed by atoms with van der Waals surface area (Å²) in [4.78, 5) is 30.4. The fourth-order valence-electron chi connectivity index (χ4n) is 4.76. The minimum absolute atomic E-state index is 0.146. The summed E-state index contributed by atoms with van der Waals surface area (Å²) in [6, 6.07) is 28.4. The Bertz CT molecular complexity index is 1560. The van der Waals surface area contributed by atoms with Crippen molar-refractivity contribution < 1.29 is 19.8 Å². The van der Waals surface area contributed by atoms with Crippen LogP contribution < -0.4 is 9.80 Å². The van der Waals surface area contributed by atoms with Crippen LogP contribution in [-0.2, 0) is 0 Å². The molecule has 0 atom stereocenters. The van der Waals surface area contributed by atoms with Crippen molar-refractivity contribution >= 4 is 44.7 Å². The zero-order chi connectivity index (χ0) is 26.8. The van der Waals surface area contributed by atoms with Gasteiger partial charge in [0, 0.05) is 35.6 Å². The van der Waals surface area contributed by atoms with Crippen LogP contribution >= 0.6 is 0 Å². The van der Waals surface area contributed by atoms with E-state index in [0.29, 0.717) is 35.6 Å². The third-order valence-electron chi connectivity index (χ3n) is 6.72. The Morgan fingerprint density at radius 1 is 0.553 bits per heavy atom. The monoisotopic (exact) mass is 504 g/mol. The predicted octanol–water partition coefficient (Wildman–Crippen LogP) is 6.74. The number of carbonyl (C=O) groups is 2. The Labute approximate surface area is 221 Å². The molecule has 0 bridgehead atoms. The molecule has 0 unspecified atom stereocenters. The average Bonchev–Trinajstić information content (AvgIpc) is 2.93. The fourth-order valence-corrected chi connectivity index (χ4v) is 4.76. The topological polar surface area (TPSA) is 81.1 Å². The highest BCUT2D eigenvalue weighted by molar-refractivity contribution is 6.10. The zero-order valence-corrected chi connectivity index (χ0v) is 21.3. The number of hydrogen-bond acceptors (Lipinski definition) is 4. The lowest BCUT2D eigenvalue weighted by Gasteiger charge is -2.25. The maximum Gasteiger partial charge on any atom is 0.258 e. The van der Waals surface area contributed by atoms with Crippen molar-refractivity contribution in [1.29, 1.82) is 0 Å². The van der Waals surface area contributed by atoms with Crippen LogP contribution in [-0.4, -0.2) is 35.1 Å². The molecule has 0 saturated heterocycles. The Balaban J connectivity index is 1.44. The van der Waals surface area contributed by atoms with Crippen molar-refractivity contribution in [3.8, 4) is 11.5 Å². The molecule has 6 heteroatoms. The van der Waals surface area contributed by atoms with Gasteiger partial charge in [0.15, 0.2) is 0 Å². The van der Waals surface area contributed by atoms with Crippen molar-refractivity contribution in [3.63, 3.8) is 0 Å². The molecule has 0 aliphatic heterocycles. The molecule has 0 aliphatic carbocycles. The van der Waals surface area contributed by atoms with E-state index in [0.717, 1.165) is 21.5 Å². The van der Waals surface area contributed by atoms with E-state index in [4.69, 9.17) is 0 Å². The molecule has 5 aromatic rings. The highest BCUT2D eigenvalue weighted by Gasteiger charge is 2.21. The quantitative estimate of drug-likeness (QED) is 0.268. The number of phenols is 2. The van der Waals surface area contributed by atoms with Crippen LogP contribution in [0.5, 0.6) is 11.5 Å². The highest BCUT2D eigenvalue weighted by Crippen LogP contribution is 2.28. The molecular formula is C32H28N2O4. The molecule has 0 aromatic heterocycles. The van der Waals surface area contributed by atoms with Crippen LogP contribution in [0.15, 0.2) is 97.1 Å². The summed E-state index contributed by atoms with van der Waals surface area (Å²) in [7, 11) is 0. The first-order chi connectivity index (χ1) is 18.4. The molecule has 0 aliphatic rings. The molecule has 0 fully saturated rings. The second-order valence-electron chi connectivity index (χ2n) is 9.11. The van der Waals surface area contributed by atoms with Crippen LogP contribution in [0.1, 0.15) is 34.6 Å². The lowest BCUT2D eigenvalue weighted by Crippen LogP contribution is -2.32. The van der Waals surface area contributed by atoms with E-state index in [-0.39, 0.29) is 23.3 Å². The molecule has 0 radical (unpaired) electrons. The minimum atomic E-state index is -0.146. The number of carbonyl (C=O) groups excluding carboxylic acids is 2. The number of nitrogens with zero attached hydrogens (tertiary/aromatic N) is 2. The third kappa shape index (κ3) is 4.76. The predicted molar refractivity (Wildman–Crippen MR) is 152 cm³/mol. The lowest BCUT2D eigenvalue weighted by atomic mass is 10.0. The molecule has 0 spiro atoms. The SMILES string of the molecule is CCN(C(=O)c1ccc2cc(O)ccc2c1)c1cccc(N(CC)C(=O)c2ccc3cc(O)ccc3c2)c1. The van der Waals surface area contributed by atoms with Gasteiger partial charge < -0.3 is 20.0 Å². The zero-order valence-electron chi connectivity index (χ0n) is 21.3. The summed E-state index contributed by atoms with van der Waals surface area (Å²) in [6.07, 6.45) is 0. The van der Waals surface area contributed by atoms with E-state index < -0.39 is 0 Å². The molecule has 5 aromatic carbocycles. The van der Waals surface area contributed by atoms with E-state index in [1.54, 1.807) is 58.3 Å². The Morgan fingerprint density at radius 3 is 1.37 bits per heavy atom. The normalized spacial score (nSPS) is 11.0. The second-order valence-corrected chi connectivity index (χ2v) is 9.11. The van der Waals surface area contributed by atoms with Crippen molar-refractivity contribution in [2.24, 2.45) is 0 Å². The van der Waals surface area contributed by atoms with Gasteiger partial charge >= 0.3 is 0 Å². The van der Waals surface area contributed by atoms with E-state index in [2.05, 4.69) is 0 Å². The minimum Gasteiger partial charge on any atom is -0.508 e. The summed E-state index contributed by atoms with van der Waals surface area (Å²) >= 11 is 0. The largest absolute Gasteiger partial charge is 0.508 e. The second kappa shape index (κ2) is 10.3. The molecule has 6 nitrogen and oxygen atoms in total. The number of anilines is 2. The Morgan fingerprint density at radius 2 is 0.947 bits per heavy atom. The van der Waals surface area contributed by atoms with Gasteiger partial charge in [-0.25, -0.2) is 0 Å². The van der Waals surface area contributed by atoms with E-state index in [1.807, 2.05) is 62.4 Å². The van der Waals surface area contributed by atoms with Crippen molar-refractivity contribution in [3.05, 3.63) is 108 Å². The number of aromatic hydroxyl groups is 2. The molecule has 2 amide bonds. The third-order valence-corrected chi connectivity index (χ3v) is 6.72. The van der Waals surface area contributed by atoms with Gasteiger partial charge in [0.05, 0.1) is 0 Å². The molecule has 5 rings (SSSR count). The van der Waals surface area contributed by atoms with Crippen molar-refractivity contribution in [1.82, 2.24) is 0 Å². The number of fused-ring (bicyclic) bond motifs is 2. The molecular weight excluding hydrogens is 476 g/mol. The van der Waals surface area contributed by atoms with Crippen molar-refractivity contribution in [2.45, 2.75) is 13.8 Å². The van der Waals surface area contributed by atoms with Gasteiger partial charge in [0.25, 0.3) is 11.8 Å². The summed E-state index contributed by atoms with van der Waals surface area (Å²) < 4.78 is 0. The summed E-state index contributed by atoms with van der Waals surface area (Å²) in [5.74, 6) is 0.0711. The number of phenolic OH excluding ortho intramolecular Hbond substituents is 2. The number of hydrogen-bond donors (Lipinski definition) is 2. The van der Waals surface area contributed by atoms with Gasteiger partial charge in [-0.2, -0.15) is 0 Å². The van der Waals surface area contributed by atoms with Crippen molar-refractivity contribution in [2.75, 3.05) is 22.9 Å². The summed E-state index contributed by atoms with van der Waals surface area (Å²) in [5, 5.41) is 22.9. The Kier molecular flexibility index (Phi) is 6.71. The lowest BCUT2D eigenvalue weighted by molar-refractivity contribution is 0.0982. The maximum atomic E-state index is 13.5.